The van der Waals surface area contributed by atoms with Crippen molar-refractivity contribution in [1.82, 2.24) is 0 Å². The molecule has 0 saturated heterocycles. The number of fused-ring (bicyclic) bond motifs is 5. The maximum absolute atomic E-state index is 9.86. The van der Waals surface area contributed by atoms with Gasteiger partial charge in [-0.1, -0.05) is 140 Å². The summed E-state index contributed by atoms with van der Waals surface area (Å²) in [7, 11) is 0. The van der Waals surface area contributed by atoms with Gasteiger partial charge in [-0.3, -0.25) is 0 Å². The summed E-state index contributed by atoms with van der Waals surface area (Å²) in [6.45, 7) is 0. The minimum atomic E-state index is 0.655. The Morgan fingerprint density at radius 3 is 1.60 bits per heavy atom. The van der Waals surface area contributed by atoms with Gasteiger partial charge in [-0.2, -0.15) is 5.26 Å². The van der Waals surface area contributed by atoms with Crippen LogP contribution in [0.4, 0.5) is 0 Å². The van der Waals surface area contributed by atoms with Gasteiger partial charge in [0.2, 0.25) is 0 Å². The molecule has 0 aliphatic heterocycles. The summed E-state index contributed by atoms with van der Waals surface area (Å²) in [5.74, 6) is 0. The largest absolute Gasteiger partial charge is 0.456 e. The summed E-state index contributed by atoms with van der Waals surface area (Å²) in [5.41, 5.74) is 11.7. The molecule has 0 N–H and O–H groups in total. The molecular formula is C45H27NO. The molecule has 47 heavy (non-hydrogen) atoms. The lowest BCUT2D eigenvalue weighted by Gasteiger charge is -2.18. The van der Waals surface area contributed by atoms with Crippen molar-refractivity contribution in [3.8, 4) is 50.6 Å². The van der Waals surface area contributed by atoms with Crippen LogP contribution in [0.5, 0.6) is 0 Å². The zero-order valence-corrected chi connectivity index (χ0v) is 25.4. The molecule has 9 aromatic rings. The standard InChI is InChI=1S/C45H27NO/c46-28-29-19-24-37-39(27-29)43(31-11-3-1-4-12-31)36-16-8-7-15-35(36)42(37)33-22-20-30(21-23-33)34-25-26-41-45(38-17-9-10-18-40(38)47-41)44(34)32-13-5-2-6-14-32/h1-27H. The Bertz CT molecular complexity index is 2660. The Hall–Kier alpha value is -6.43. The molecule has 2 nitrogen and oxygen atoms in total. The van der Waals surface area contributed by atoms with E-state index < -0.39 is 0 Å². The van der Waals surface area contributed by atoms with Gasteiger partial charge in [0.15, 0.2) is 0 Å². The van der Waals surface area contributed by atoms with Crippen molar-refractivity contribution in [1.29, 1.82) is 5.26 Å². The monoisotopic (exact) mass is 597 g/mol. The molecular weight excluding hydrogens is 571 g/mol. The second kappa shape index (κ2) is 10.9. The van der Waals surface area contributed by atoms with Gasteiger partial charge < -0.3 is 4.42 Å². The Kier molecular flexibility index (Phi) is 6.23. The van der Waals surface area contributed by atoms with E-state index in [1.54, 1.807) is 0 Å². The lowest BCUT2D eigenvalue weighted by Crippen LogP contribution is -1.92. The van der Waals surface area contributed by atoms with E-state index in [4.69, 9.17) is 4.42 Å². The van der Waals surface area contributed by atoms with Crippen molar-refractivity contribution in [2.75, 3.05) is 0 Å². The maximum atomic E-state index is 9.86. The molecule has 218 valence electrons. The first-order valence-electron chi connectivity index (χ1n) is 15.8. The highest BCUT2D eigenvalue weighted by atomic mass is 16.3. The van der Waals surface area contributed by atoms with E-state index in [1.807, 2.05) is 30.3 Å². The first-order chi connectivity index (χ1) is 23.3. The molecule has 0 bridgehead atoms. The molecule has 9 rings (SSSR count). The lowest BCUT2D eigenvalue weighted by atomic mass is 9.85. The van der Waals surface area contributed by atoms with Crippen LogP contribution in [-0.4, -0.2) is 0 Å². The fourth-order valence-corrected chi connectivity index (χ4v) is 7.25. The van der Waals surface area contributed by atoms with Gasteiger partial charge in [0.25, 0.3) is 0 Å². The van der Waals surface area contributed by atoms with Crippen LogP contribution in [0.15, 0.2) is 168 Å². The summed E-state index contributed by atoms with van der Waals surface area (Å²) in [6, 6.07) is 59.7. The van der Waals surface area contributed by atoms with E-state index in [-0.39, 0.29) is 0 Å². The Balaban J connectivity index is 1.28. The fraction of sp³-hybridized carbons (Fsp3) is 0. The summed E-state index contributed by atoms with van der Waals surface area (Å²) >= 11 is 0. The molecule has 0 aliphatic carbocycles. The van der Waals surface area contributed by atoms with Crippen molar-refractivity contribution in [2.24, 2.45) is 0 Å². The first kappa shape index (κ1) is 26.9. The average Bonchev–Trinajstić information content (AvgIpc) is 3.53. The highest BCUT2D eigenvalue weighted by molar-refractivity contribution is 6.22. The van der Waals surface area contributed by atoms with Gasteiger partial charge in [0.05, 0.1) is 11.6 Å². The maximum Gasteiger partial charge on any atom is 0.136 e. The Morgan fingerprint density at radius 1 is 0.383 bits per heavy atom. The predicted molar refractivity (Wildman–Crippen MR) is 195 cm³/mol. The van der Waals surface area contributed by atoms with E-state index >= 15 is 0 Å². The number of nitrogens with zero attached hydrogens (tertiary/aromatic N) is 1. The van der Waals surface area contributed by atoms with E-state index in [0.717, 1.165) is 66.1 Å². The number of rotatable bonds is 4. The molecule has 1 aromatic heterocycles. The third kappa shape index (κ3) is 4.33. The van der Waals surface area contributed by atoms with Crippen molar-refractivity contribution >= 4 is 43.5 Å². The van der Waals surface area contributed by atoms with Crippen molar-refractivity contribution < 1.29 is 4.42 Å². The van der Waals surface area contributed by atoms with Gasteiger partial charge in [-0.25, -0.2) is 0 Å². The highest BCUT2D eigenvalue weighted by Crippen LogP contribution is 2.46. The topological polar surface area (TPSA) is 36.9 Å². The number of para-hydroxylation sites is 1. The molecule has 1 heterocycles. The van der Waals surface area contributed by atoms with Crippen LogP contribution in [0.3, 0.4) is 0 Å². The Morgan fingerprint density at radius 2 is 0.915 bits per heavy atom. The summed E-state index contributed by atoms with van der Waals surface area (Å²) in [5, 5.41) is 16.7. The van der Waals surface area contributed by atoms with Gasteiger partial charge in [-0.15, -0.1) is 0 Å². The quantitative estimate of drug-likeness (QED) is 0.189. The number of furan rings is 1. The van der Waals surface area contributed by atoms with E-state index in [1.165, 1.54) is 21.9 Å². The zero-order chi connectivity index (χ0) is 31.3. The molecule has 0 spiro atoms. The molecule has 0 fully saturated rings. The van der Waals surface area contributed by atoms with Gasteiger partial charge in [0.1, 0.15) is 11.2 Å². The van der Waals surface area contributed by atoms with Crippen LogP contribution < -0.4 is 0 Å². The number of benzene rings is 8. The molecule has 0 radical (unpaired) electrons. The van der Waals surface area contributed by atoms with E-state index in [0.29, 0.717) is 5.56 Å². The molecule has 0 saturated carbocycles. The van der Waals surface area contributed by atoms with Crippen molar-refractivity contribution in [3.05, 3.63) is 169 Å². The summed E-state index contributed by atoms with van der Waals surface area (Å²) < 4.78 is 6.30. The predicted octanol–water partition coefficient (Wildman–Crippen LogP) is 12.4. The van der Waals surface area contributed by atoms with Crippen molar-refractivity contribution in [3.63, 3.8) is 0 Å². The summed E-state index contributed by atoms with van der Waals surface area (Å²) in [4.78, 5) is 0. The first-order valence-corrected chi connectivity index (χ1v) is 15.8. The lowest BCUT2D eigenvalue weighted by molar-refractivity contribution is 0.669. The van der Waals surface area contributed by atoms with Gasteiger partial charge in [0, 0.05) is 16.3 Å². The molecule has 8 aromatic carbocycles. The van der Waals surface area contributed by atoms with Crippen LogP contribution in [0.2, 0.25) is 0 Å². The zero-order valence-electron chi connectivity index (χ0n) is 25.4. The van der Waals surface area contributed by atoms with Crippen LogP contribution in [0.25, 0.3) is 88.0 Å². The third-order valence-corrected chi connectivity index (χ3v) is 9.31. The molecule has 2 heteroatoms. The van der Waals surface area contributed by atoms with Crippen LogP contribution in [0.1, 0.15) is 5.56 Å². The normalized spacial score (nSPS) is 11.4. The molecule has 0 amide bonds. The second-order valence-electron chi connectivity index (χ2n) is 11.9. The fourth-order valence-electron chi connectivity index (χ4n) is 7.25. The second-order valence-corrected chi connectivity index (χ2v) is 11.9. The highest BCUT2D eigenvalue weighted by Gasteiger charge is 2.19. The number of nitriles is 1. The van der Waals surface area contributed by atoms with Crippen LogP contribution in [0, 0.1) is 11.3 Å². The SMILES string of the molecule is N#Cc1ccc2c(-c3ccc(-c4ccc5oc6ccccc6c5c4-c4ccccc4)cc3)c3ccccc3c(-c3ccccc3)c2c1. The van der Waals surface area contributed by atoms with Crippen LogP contribution >= 0.6 is 0 Å². The smallest absolute Gasteiger partial charge is 0.136 e. The van der Waals surface area contributed by atoms with E-state index in [2.05, 4.69) is 140 Å². The third-order valence-electron chi connectivity index (χ3n) is 9.31. The van der Waals surface area contributed by atoms with Crippen LogP contribution in [-0.2, 0) is 0 Å². The number of hydrogen-bond acceptors (Lipinski definition) is 2. The average molecular weight is 598 g/mol. The van der Waals surface area contributed by atoms with Gasteiger partial charge >= 0.3 is 0 Å². The Labute approximate surface area is 272 Å². The van der Waals surface area contributed by atoms with Crippen molar-refractivity contribution in [2.45, 2.75) is 0 Å². The molecule has 0 aliphatic rings. The summed E-state index contributed by atoms with van der Waals surface area (Å²) in [6.07, 6.45) is 0. The van der Waals surface area contributed by atoms with E-state index in [9.17, 15) is 5.26 Å². The van der Waals surface area contributed by atoms with Gasteiger partial charge in [-0.05, 0) is 84.8 Å². The minimum Gasteiger partial charge on any atom is -0.456 e. The molecule has 0 unspecified atom stereocenters. The number of hydrogen-bond donors (Lipinski definition) is 0. The molecule has 0 atom stereocenters. The minimum absolute atomic E-state index is 0.655.